The second-order valence-corrected chi connectivity index (χ2v) is 3.61. The SMILES string of the molecule is CNCCc1c(C)oc(Br)c1C. The Hall–Kier alpha value is -0.280. The van der Waals surface area contributed by atoms with Crippen LogP contribution in [0, 0.1) is 13.8 Å². The first kappa shape index (κ1) is 9.81. The molecule has 1 aromatic heterocycles. The molecule has 0 aliphatic rings. The van der Waals surface area contributed by atoms with E-state index in [4.69, 9.17) is 4.42 Å². The summed E-state index contributed by atoms with van der Waals surface area (Å²) in [7, 11) is 1.96. The molecule has 1 rings (SSSR count). The number of nitrogens with one attached hydrogen (secondary N) is 1. The highest BCUT2D eigenvalue weighted by Gasteiger charge is 2.10. The minimum Gasteiger partial charge on any atom is -0.454 e. The number of hydrogen-bond donors (Lipinski definition) is 1. The van der Waals surface area contributed by atoms with Crippen LogP contribution < -0.4 is 5.32 Å². The summed E-state index contributed by atoms with van der Waals surface area (Å²) in [5.74, 6) is 1.02. The monoisotopic (exact) mass is 231 g/mol. The molecule has 0 saturated heterocycles. The Morgan fingerprint density at radius 3 is 2.50 bits per heavy atom. The van der Waals surface area contributed by atoms with Gasteiger partial charge in [0.05, 0.1) is 0 Å². The van der Waals surface area contributed by atoms with E-state index in [1.807, 2.05) is 14.0 Å². The molecule has 0 aliphatic heterocycles. The summed E-state index contributed by atoms with van der Waals surface area (Å²) in [5.41, 5.74) is 2.54. The van der Waals surface area contributed by atoms with E-state index in [9.17, 15) is 0 Å². The highest BCUT2D eigenvalue weighted by atomic mass is 79.9. The number of halogens is 1. The van der Waals surface area contributed by atoms with E-state index in [1.54, 1.807) is 0 Å². The van der Waals surface area contributed by atoms with Crippen molar-refractivity contribution >= 4 is 15.9 Å². The Labute approximate surface area is 81.5 Å². The summed E-state index contributed by atoms with van der Waals surface area (Å²) in [6.07, 6.45) is 1.03. The maximum Gasteiger partial charge on any atom is 0.172 e. The molecule has 0 bridgehead atoms. The summed E-state index contributed by atoms with van der Waals surface area (Å²) in [6.45, 7) is 5.07. The van der Waals surface area contributed by atoms with E-state index in [0.29, 0.717) is 0 Å². The third-order valence-corrected chi connectivity index (χ3v) is 2.80. The molecule has 1 heterocycles. The van der Waals surface area contributed by atoms with Gasteiger partial charge in [0, 0.05) is 5.56 Å². The predicted molar refractivity (Wildman–Crippen MR) is 53.5 cm³/mol. The van der Waals surface area contributed by atoms with Crippen molar-refractivity contribution in [3.63, 3.8) is 0 Å². The zero-order valence-electron chi connectivity index (χ0n) is 7.70. The lowest BCUT2D eigenvalue weighted by Crippen LogP contribution is -2.10. The highest BCUT2D eigenvalue weighted by molar-refractivity contribution is 9.10. The molecule has 0 spiro atoms. The molecular formula is C9H14BrNO. The molecule has 0 saturated carbocycles. The van der Waals surface area contributed by atoms with Crippen LogP contribution in [0.4, 0.5) is 0 Å². The molecular weight excluding hydrogens is 218 g/mol. The number of hydrogen-bond acceptors (Lipinski definition) is 2. The Kier molecular flexibility index (Phi) is 3.35. The third kappa shape index (κ3) is 1.90. The van der Waals surface area contributed by atoms with Crippen LogP contribution in [-0.2, 0) is 6.42 Å². The Balaban J connectivity index is 2.82. The van der Waals surface area contributed by atoms with Gasteiger partial charge in [-0.15, -0.1) is 0 Å². The van der Waals surface area contributed by atoms with Crippen molar-refractivity contribution in [1.82, 2.24) is 5.32 Å². The average Bonchev–Trinajstić information content (AvgIpc) is 2.25. The first-order valence-corrected chi connectivity index (χ1v) is 4.85. The average molecular weight is 232 g/mol. The number of aryl methyl sites for hydroxylation is 1. The van der Waals surface area contributed by atoms with Gasteiger partial charge in [0.25, 0.3) is 0 Å². The molecule has 0 aliphatic carbocycles. The second-order valence-electron chi connectivity index (χ2n) is 2.89. The van der Waals surface area contributed by atoms with Crippen LogP contribution in [0.5, 0.6) is 0 Å². The maximum atomic E-state index is 5.43. The van der Waals surface area contributed by atoms with Crippen LogP contribution in [0.3, 0.4) is 0 Å². The number of furan rings is 1. The topological polar surface area (TPSA) is 25.2 Å². The van der Waals surface area contributed by atoms with Gasteiger partial charge in [-0.3, -0.25) is 0 Å². The van der Waals surface area contributed by atoms with Crippen molar-refractivity contribution in [3.8, 4) is 0 Å². The molecule has 0 fully saturated rings. The standard InChI is InChI=1S/C9H14BrNO/c1-6-8(4-5-11-3)7(2)12-9(6)10/h11H,4-5H2,1-3H3. The second kappa shape index (κ2) is 4.10. The third-order valence-electron chi connectivity index (χ3n) is 2.04. The fourth-order valence-electron chi connectivity index (χ4n) is 1.27. The molecule has 2 nitrogen and oxygen atoms in total. The molecule has 12 heavy (non-hydrogen) atoms. The first-order chi connectivity index (χ1) is 5.66. The molecule has 0 radical (unpaired) electrons. The van der Waals surface area contributed by atoms with Crippen LogP contribution >= 0.6 is 15.9 Å². The molecule has 0 amide bonds. The fourth-order valence-corrected chi connectivity index (χ4v) is 1.75. The minimum absolute atomic E-state index is 0.867. The van der Waals surface area contributed by atoms with Crippen molar-refractivity contribution < 1.29 is 4.42 Å². The van der Waals surface area contributed by atoms with Gasteiger partial charge in [-0.2, -0.15) is 0 Å². The van der Waals surface area contributed by atoms with E-state index in [2.05, 4.69) is 28.2 Å². The van der Waals surface area contributed by atoms with E-state index >= 15 is 0 Å². The maximum absolute atomic E-state index is 5.43. The predicted octanol–water partition coefficient (Wildman–Crippen LogP) is 2.42. The van der Waals surface area contributed by atoms with Gasteiger partial charge in [-0.25, -0.2) is 0 Å². The lowest BCUT2D eigenvalue weighted by atomic mass is 10.1. The van der Waals surface area contributed by atoms with Gasteiger partial charge < -0.3 is 9.73 Å². The molecule has 1 N–H and O–H groups in total. The van der Waals surface area contributed by atoms with Crippen molar-refractivity contribution in [2.75, 3.05) is 13.6 Å². The van der Waals surface area contributed by atoms with Crippen LogP contribution in [0.25, 0.3) is 0 Å². The van der Waals surface area contributed by atoms with Crippen molar-refractivity contribution in [1.29, 1.82) is 0 Å². The van der Waals surface area contributed by atoms with Gasteiger partial charge in [-0.1, -0.05) is 0 Å². The summed E-state index contributed by atoms with van der Waals surface area (Å²) < 4.78 is 6.30. The normalized spacial score (nSPS) is 10.7. The van der Waals surface area contributed by atoms with Crippen molar-refractivity contribution in [2.24, 2.45) is 0 Å². The minimum atomic E-state index is 0.867. The molecule has 68 valence electrons. The lowest BCUT2D eigenvalue weighted by molar-refractivity contribution is 0.504. The van der Waals surface area contributed by atoms with E-state index in [0.717, 1.165) is 23.4 Å². The summed E-state index contributed by atoms with van der Waals surface area (Å²) in [4.78, 5) is 0. The zero-order chi connectivity index (χ0) is 9.14. The van der Waals surface area contributed by atoms with Crippen LogP contribution in [0.2, 0.25) is 0 Å². The zero-order valence-corrected chi connectivity index (χ0v) is 9.29. The molecule has 0 aromatic carbocycles. The van der Waals surface area contributed by atoms with Crippen LogP contribution in [0.1, 0.15) is 16.9 Å². The highest BCUT2D eigenvalue weighted by Crippen LogP contribution is 2.26. The summed E-state index contributed by atoms with van der Waals surface area (Å²) in [5, 5.41) is 3.12. The summed E-state index contributed by atoms with van der Waals surface area (Å²) >= 11 is 3.37. The van der Waals surface area contributed by atoms with Crippen molar-refractivity contribution in [3.05, 3.63) is 21.6 Å². The van der Waals surface area contributed by atoms with E-state index in [-0.39, 0.29) is 0 Å². The van der Waals surface area contributed by atoms with E-state index in [1.165, 1.54) is 11.1 Å². The first-order valence-electron chi connectivity index (χ1n) is 4.05. The summed E-state index contributed by atoms with van der Waals surface area (Å²) in [6, 6.07) is 0. The Morgan fingerprint density at radius 1 is 1.42 bits per heavy atom. The van der Waals surface area contributed by atoms with Crippen molar-refractivity contribution in [2.45, 2.75) is 20.3 Å². The quantitative estimate of drug-likeness (QED) is 0.865. The van der Waals surface area contributed by atoms with Gasteiger partial charge in [0.2, 0.25) is 0 Å². The van der Waals surface area contributed by atoms with Gasteiger partial charge in [0.15, 0.2) is 4.67 Å². The Morgan fingerprint density at radius 2 is 2.08 bits per heavy atom. The van der Waals surface area contributed by atoms with Gasteiger partial charge >= 0.3 is 0 Å². The lowest BCUT2D eigenvalue weighted by Gasteiger charge is -1.99. The van der Waals surface area contributed by atoms with Gasteiger partial charge in [0.1, 0.15) is 5.76 Å². The molecule has 0 atom stereocenters. The van der Waals surface area contributed by atoms with E-state index < -0.39 is 0 Å². The van der Waals surface area contributed by atoms with Crippen LogP contribution in [-0.4, -0.2) is 13.6 Å². The molecule has 0 unspecified atom stereocenters. The number of likely N-dealkylation sites (N-methyl/N-ethyl adjacent to an activating group) is 1. The fraction of sp³-hybridized carbons (Fsp3) is 0.556. The number of rotatable bonds is 3. The van der Waals surface area contributed by atoms with Crippen LogP contribution in [0.15, 0.2) is 9.09 Å². The molecule has 3 heteroatoms. The molecule has 1 aromatic rings. The van der Waals surface area contributed by atoms with Gasteiger partial charge in [-0.05, 0) is 55.4 Å². The Bertz CT molecular complexity index is 268. The largest absolute Gasteiger partial charge is 0.454 e. The smallest absolute Gasteiger partial charge is 0.172 e.